The third-order valence-electron chi connectivity index (χ3n) is 3.71. The zero-order valence-corrected chi connectivity index (χ0v) is 17.2. The average Bonchev–Trinajstić information content (AvgIpc) is 3.20. The molecule has 1 amide bonds. The first-order valence-electron chi connectivity index (χ1n) is 8.25. The molecule has 0 radical (unpaired) electrons. The van der Waals surface area contributed by atoms with Gasteiger partial charge in [-0.05, 0) is 54.6 Å². The highest BCUT2D eigenvalue weighted by Crippen LogP contribution is 2.26. The molecule has 3 aromatic rings. The van der Waals surface area contributed by atoms with Crippen molar-refractivity contribution in [3.05, 3.63) is 82.7 Å². The molecule has 0 saturated carbocycles. The molecule has 0 bridgehead atoms. The molecule has 0 unspecified atom stereocenters. The van der Waals surface area contributed by atoms with E-state index < -0.39 is 22.5 Å². The maximum absolute atomic E-state index is 13.2. The molecule has 0 saturated heterocycles. The Balaban J connectivity index is 1.87. The molecule has 7 nitrogen and oxygen atoms in total. The molecule has 10 heteroatoms. The number of amides is 1. The van der Waals surface area contributed by atoms with Crippen LogP contribution in [0, 0.1) is 0 Å². The van der Waals surface area contributed by atoms with Gasteiger partial charge in [0.15, 0.2) is 0 Å². The smallest absolute Gasteiger partial charge is 0.264 e. The largest absolute Gasteiger partial charge is 0.463 e. The van der Waals surface area contributed by atoms with Gasteiger partial charge in [0.05, 0.1) is 23.1 Å². The number of carbonyl (C=O) groups excluding carboxylic acids is 1. The molecule has 29 heavy (non-hydrogen) atoms. The van der Waals surface area contributed by atoms with Crippen LogP contribution in [0.3, 0.4) is 0 Å². The molecule has 1 aromatic heterocycles. The van der Waals surface area contributed by atoms with Gasteiger partial charge in [-0.3, -0.25) is 9.10 Å². The van der Waals surface area contributed by atoms with E-state index in [2.05, 4.69) is 10.5 Å². The Morgan fingerprint density at radius 3 is 2.48 bits per heavy atom. The maximum atomic E-state index is 13.2. The number of hydrogen-bond acceptors (Lipinski definition) is 5. The van der Waals surface area contributed by atoms with Gasteiger partial charge in [0.2, 0.25) is 0 Å². The molecular formula is C19H15Cl2N3O4S. The number of hydrazone groups is 1. The van der Waals surface area contributed by atoms with Gasteiger partial charge in [0.25, 0.3) is 15.9 Å². The van der Waals surface area contributed by atoms with Gasteiger partial charge in [0.1, 0.15) is 12.3 Å². The molecule has 0 atom stereocenters. The van der Waals surface area contributed by atoms with Crippen LogP contribution in [0.2, 0.25) is 10.0 Å². The summed E-state index contributed by atoms with van der Waals surface area (Å²) in [7, 11) is -4.07. The Kier molecular flexibility index (Phi) is 6.58. The monoisotopic (exact) mass is 451 g/mol. The van der Waals surface area contributed by atoms with Crippen LogP contribution in [0.15, 0.2) is 81.3 Å². The fourth-order valence-electron chi connectivity index (χ4n) is 2.38. The lowest BCUT2D eigenvalue weighted by Crippen LogP contribution is -2.39. The summed E-state index contributed by atoms with van der Waals surface area (Å²) in [5.41, 5.74) is 2.51. The molecule has 0 aliphatic carbocycles. The SMILES string of the molecule is O=C(CN(c1cccc(Cl)c1)S(=O)(=O)c1ccc(Cl)cc1)N/N=C\c1ccco1. The van der Waals surface area contributed by atoms with Crippen molar-refractivity contribution in [3.63, 3.8) is 0 Å². The van der Waals surface area contributed by atoms with Gasteiger partial charge in [-0.1, -0.05) is 29.3 Å². The molecule has 0 fully saturated rings. The van der Waals surface area contributed by atoms with E-state index in [-0.39, 0.29) is 10.6 Å². The second kappa shape index (κ2) is 9.13. The molecule has 3 rings (SSSR count). The lowest BCUT2D eigenvalue weighted by molar-refractivity contribution is -0.119. The standard InChI is InChI=1S/C19H15Cl2N3O4S/c20-14-6-8-18(9-7-14)29(26,27)24(16-4-1-3-15(21)11-16)13-19(25)23-22-12-17-5-2-10-28-17/h1-12H,13H2,(H,23,25)/b22-12-. The number of sulfonamides is 1. The van der Waals surface area contributed by atoms with Crippen molar-refractivity contribution in [2.24, 2.45) is 5.10 Å². The molecule has 150 valence electrons. The number of furan rings is 1. The van der Waals surface area contributed by atoms with Crippen molar-refractivity contribution in [2.75, 3.05) is 10.8 Å². The van der Waals surface area contributed by atoms with E-state index in [0.717, 1.165) is 4.31 Å². The van der Waals surface area contributed by atoms with Gasteiger partial charge < -0.3 is 4.42 Å². The third kappa shape index (κ3) is 5.38. The van der Waals surface area contributed by atoms with Gasteiger partial charge in [0, 0.05) is 10.0 Å². The Labute approximate surface area is 177 Å². The topological polar surface area (TPSA) is 92.0 Å². The zero-order valence-electron chi connectivity index (χ0n) is 14.8. The number of carbonyl (C=O) groups is 1. The van der Waals surface area contributed by atoms with E-state index in [1.165, 1.54) is 42.8 Å². The second-order valence-corrected chi connectivity index (χ2v) is 8.49. The number of halogens is 2. The third-order valence-corrected chi connectivity index (χ3v) is 5.98. The summed E-state index contributed by atoms with van der Waals surface area (Å²) in [5, 5.41) is 4.48. The molecule has 2 aromatic carbocycles. The maximum Gasteiger partial charge on any atom is 0.264 e. The summed E-state index contributed by atoms with van der Waals surface area (Å²) in [6.07, 6.45) is 2.76. The highest BCUT2D eigenvalue weighted by molar-refractivity contribution is 7.92. The van der Waals surface area contributed by atoms with Gasteiger partial charge >= 0.3 is 0 Å². The summed E-state index contributed by atoms with van der Waals surface area (Å²) in [4.78, 5) is 12.3. The summed E-state index contributed by atoms with van der Waals surface area (Å²) in [6, 6.07) is 15.1. The number of rotatable bonds is 7. The first-order chi connectivity index (χ1) is 13.9. The lowest BCUT2D eigenvalue weighted by Gasteiger charge is -2.23. The van der Waals surface area contributed by atoms with Crippen molar-refractivity contribution < 1.29 is 17.6 Å². The van der Waals surface area contributed by atoms with E-state index in [4.69, 9.17) is 27.6 Å². The minimum Gasteiger partial charge on any atom is -0.463 e. The van der Waals surface area contributed by atoms with Crippen LogP contribution in [0.4, 0.5) is 5.69 Å². The van der Waals surface area contributed by atoms with E-state index >= 15 is 0 Å². The van der Waals surface area contributed by atoms with Crippen LogP contribution in [0.1, 0.15) is 5.76 Å². The molecular weight excluding hydrogens is 437 g/mol. The van der Waals surface area contributed by atoms with E-state index in [0.29, 0.717) is 15.8 Å². The number of nitrogens with zero attached hydrogens (tertiary/aromatic N) is 2. The zero-order chi connectivity index (χ0) is 20.9. The van der Waals surface area contributed by atoms with Crippen LogP contribution in [-0.4, -0.2) is 27.1 Å². The highest BCUT2D eigenvalue weighted by Gasteiger charge is 2.27. The normalized spacial score (nSPS) is 11.5. The van der Waals surface area contributed by atoms with Crippen LogP contribution < -0.4 is 9.73 Å². The molecule has 1 N–H and O–H groups in total. The van der Waals surface area contributed by atoms with Crippen molar-refractivity contribution in [3.8, 4) is 0 Å². The molecule has 0 spiro atoms. The minimum atomic E-state index is -4.07. The fraction of sp³-hybridized carbons (Fsp3) is 0.0526. The van der Waals surface area contributed by atoms with Crippen molar-refractivity contribution in [2.45, 2.75) is 4.90 Å². The van der Waals surface area contributed by atoms with Crippen LogP contribution in [0.5, 0.6) is 0 Å². The van der Waals surface area contributed by atoms with Crippen molar-refractivity contribution in [1.29, 1.82) is 0 Å². The number of hydrogen-bond donors (Lipinski definition) is 1. The molecule has 1 heterocycles. The quantitative estimate of drug-likeness (QED) is 0.434. The predicted octanol–water partition coefficient (Wildman–Crippen LogP) is 3.93. The Hall–Kier alpha value is -2.81. The summed E-state index contributed by atoms with van der Waals surface area (Å²) < 4.78 is 32.3. The first-order valence-corrected chi connectivity index (χ1v) is 10.4. The van der Waals surface area contributed by atoms with Crippen molar-refractivity contribution >= 4 is 51.0 Å². The first kappa shape index (κ1) is 20.9. The van der Waals surface area contributed by atoms with Crippen LogP contribution in [0.25, 0.3) is 0 Å². The molecule has 0 aliphatic rings. The number of nitrogens with one attached hydrogen (secondary N) is 1. The second-order valence-electron chi connectivity index (χ2n) is 5.75. The van der Waals surface area contributed by atoms with Crippen LogP contribution >= 0.6 is 23.2 Å². The number of anilines is 1. The van der Waals surface area contributed by atoms with Gasteiger partial charge in [-0.15, -0.1) is 0 Å². The summed E-state index contributed by atoms with van der Waals surface area (Å²) >= 11 is 11.9. The van der Waals surface area contributed by atoms with Gasteiger partial charge in [-0.2, -0.15) is 5.10 Å². The Morgan fingerprint density at radius 1 is 1.07 bits per heavy atom. The van der Waals surface area contributed by atoms with Gasteiger partial charge in [-0.25, -0.2) is 13.8 Å². The number of benzene rings is 2. The Morgan fingerprint density at radius 2 is 1.83 bits per heavy atom. The Bertz CT molecular complexity index is 1110. The van der Waals surface area contributed by atoms with E-state index in [9.17, 15) is 13.2 Å². The highest BCUT2D eigenvalue weighted by atomic mass is 35.5. The van der Waals surface area contributed by atoms with Crippen LogP contribution in [-0.2, 0) is 14.8 Å². The average molecular weight is 452 g/mol. The van der Waals surface area contributed by atoms with E-state index in [1.807, 2.05) is 0 Å². The lowest BCUT2D eigenvalue weighted by atomic mass is 10.3. The predicted molar refractivity (Wildman–Crippen MR) is 112 cm³/mol. The summed E-state index contributed by atoms with van der Waals surface area (Å²) in [6.45, 7) is -0.513. The minimum absolute atomic E-state index is 0.0197. The summed E-state index contributed by atoms with van der Waals surface area (Å²) in [5.74, 6) is -0.212. The van der Waals surface area contributed by atoms with E-state index in [1.54, 1.807) is 30.3 Å². The van der Waals surface area contributed by atoms with Crippen molar-refractivity contribution in [1.82, 2.24) is 5.43 Å². The fourth-order valence-corrected chi connectivity index (χ4v) is 4.10. The molecule has 0 aliphatic heterocycles.